The van der Waals surface area contributed by atoms with Crippen LogP contribution in [0.4, 0.5) is 0 Å². The number of carbonyl (C=O) groups is 1. The third kappa shape index (κ3) is 4.21. The van der Waals surface area contributed by atoms with Gasteiger partial charge in [-0.15, -0.1) is 0 Å². The van der Waals surface area contributed by atoms with Gasteiger partial charge >= 0.3 is 0 Å². The van der Waals surface area contributed by atoms with E-state index >= 15 is 0 Å². The fraction of sp³-hybridized carbons (Fsp3) is 0.167. The lowest BCUT2D eigenvalue weighted by Crippen LogP contribution is -2.04. The summed E-state index contributed by atoms with van der Waals surface area (Å²) in [6, 6.07) is 15.0. The first-order chi connectivity index (χ1) is 10.1. The van der Waals surface area contributed by atoms with Crippen molar-refractivity contribution in [2.75, 3.05) is 14.1 Å². The minimum Gasteiger partial charge on any atom is -0.457 e. The standard InChI is InChI=1S/C18H19NO2/c1-14-8-10-15(11-9-14)21-18-7-5-4-6-16(18)17(20)12-13-19(2)3/h4-13H,1-3H3/b13-12+. The van der Waals surface area contributed by atoms with Gasteiger partial charge in [0.15, 0.2) is 5.78 Å². The van der Waals surface area contributed by atoms with Crippen molar-refractivity contribution in [1.82, 2.24) is 4.90 Å². The minimum atomic E-state index is -0.0774. The van der Waals surface area contributed by atoms with Crippen molar-refractivity contribution in [3.05, 3.63) is 71.9 Å². The molecule has 0 aliphatic heterocycles. The van der Waals surface area contributed by atoms with Gasteiger partial charge in [0.1, 0.15) is 11.5 Å². The van der Waals surface area contributed by atoms with E-state index in [1.807, 2.05) is 62.3 Å². The maximum Gasteiger partial charge on any atom is 0.191 e. The van der Waals surface area contributed by atoms with Crippen molar-refractivity contribution < 1.29 is 9.53 Å². The topological polar surface area (TPSA) is 29.5 Å². The quantitative estimate of drug-likeness (QED) is 0.612. The Balaban J connectivity index is 2.24. The minimum absolute atomic E-state index is 0.0774. The molecular weight excluding hydrogens is 262 g/mol. The van der Waals surface area contributed by atoms with Gasteiger partial charge in [0.2, 0.25) is 0 Å². The molecule has 0 heterocycles. The Morgan fingerprint density at radius 1 is 1.05 bits per heavy atom. The summed E-state index contributed by atoms with van der Waals surface area (Å²) in [5, 5.41) is 0. The summed E-state index contributed by atoms with van der Waals surface area (Å²) in [7, 11) is 3.75. The Kier molecular flexibility index (Phi) is 4.77. The van der Waals surface area contributed by atoms with E-state index in [2.05, 4.69) is 0 Å². The van der Waals surface area contributed by atoms with Gasteiger partial charge in [-0.3, -0.25) is 4.79 Å². The monoisotopic (exact) mass is 281 g/mol. The predicted octanol–water partition coefficient (Wildman–Crippen LogP) is 4.05. The predicted molar refractivity (Wildman–Crippen MR) is 84.9 cm³/mol. The van der Waals surface area contributed by atoms with E-state index in [1.54, 1.807) is 18.3 Å². The van der Waals surface area contributed by atoms with Crippen molar-refractivity contribution >= 4 is 5.78 Å². The fourth-order valence-electron chi connectivity index (χ4n) is 1.80. The number of benzene rings is 2. The Hall–Kier alpha value is -2.55. The normalized spacial score (nSPS) is 10.6. The van der Waals surface area contributed by atoms with Crippen LogP contribution in [0.5, 0.6) is 11.5 Å². The molecule has 0 saturated carbocycles. The molecule has 0 aromatic heterocycles. The number of hydrogen-bond donors (Lipinski definition) is 0. The van der Waals surface area contributed by atoms with Gasteiger partial charge in [0.25, 0.3) is 0 Å². The Labute approximate surface area is 125 Å². The van der Waals surface area contributed by atoms with Gasteiger partial charge < -0.3 is 9.64 Å². The van der Waals surface area contributed by atoms with Crippen LogP contribution in [0.2, 0.25) is 0 Å². The molecule has 2 aromatic carbocycles. The first kappa shape index (κ1) is 14.9. The third-order valence-corrected chi connectivity index (χ3v) is 2.93. The van der Waals surface area contributed by atoms with Crippen molar-refractivity contribution in [3.63, 3.8) is 0 Å². The second-order valence-corrected chi connectivity index (χ2v) is 5.05. The maximum absolute atomic E-state index is 12.2. The van der Waals surface area contributed by atoms with E-state index in [0.29, 0.717) is 11.3 Å². The molecule has 0 radical (unpaired) electrons. The molecular formula is C18H19NO2. The van der Waals surface area contributed by atoms with Gasteiger partial charge in [-0.1, -0.05) is 29.8 Å². The lowest BCUT2D eigenvalue weighted by atomic mass is 10.1. The van der Waals surface area contributed by atoms with Crippen LogP contribution in [0.3, 0.4) is 0 Å². The highest BCUT2D eigenvalue weighted by Crippen LogP contribution is 2.26. The number of rotatable bonds is 5. The highest BCUT2D eigenvalue weighted by Gasteiger charge is 2.10. The van der Waals surface area contributed by atoms with Crippen LogP contribution in [-0.4, -0.2) is 24.8 Å². The maximum atomic E-state index is 12.2. The number of carbonyl (C=O) groups excluding carboxylic acids is 1. The molecule has 21 heavy (non-hydrogen) atoms. The van der Waals surface area contributed by atoms with Crippen molar-refractivity contribution in [3.8, 4) is 11.5 Å². The lowest BCUT2D eigenvalue weighted by Gasteiger charge is -2.10. The summed E-state index contributed by atoms with van der Waals surface area (Å²) in [5.41, 5.74) is 1.72. The van der Waals surface area contributed by atoms with Gasteiger partial charge in [-0.2, -0.15) is 0 Å². The van der Waals surface area contributed by atoms with E-state index < -0.39 is 0 Å². The van der Waals surface area contributed by atoms with Crippen molar-refractivity contribution in [2.45, 2.75) is 6.92 Å². The molecule has 0 unspecified atom stereocenters. The van der Waals surface area contributed by atoms with Gasteiger partial charge in [-0.05, 0) is 31.2 Å². The number of nitrogens with zero attached hydrogens (tertiary/aromatic N) is 1. The zero-order valence-corrected chi connectivity index (χ0v) is 12.5. The largest absolute Gasteiger partial charge is 0.457 e. The van der Waals surface area contributed by atoms with Gasteiger partial charge in [0.05, 0.1) is 5.56 Å². The highest BCUT2D eigenvalue weighted by atomic mass is 16.5. The smallest absolute Gasteiger partial charge is 0.191 e. The van der Waals surface area contributed by atoms with Gasteiger partial charge in [0, 0.05) is 26.4 Å². The molecule has 0 aliphatic rings. The summed E-state index contributed by atoms with van der Waals surface area (Å²) in [4.78, 5) is 14.0. The second-order valence-electron chi connectivity index (χ2n) is 5.05. The van der Waals surface area contributed by atoms with Crippen molar-refractivity contribution in [1.29, 1.82) is 0 Å². The second kappa shape index (κ2) is 6.75. The molecule has 0 aliphatic carbocycles. The van der Waals surface area contributed by atoms with E-state index in [-0.39, 0.29) is 5.78 Å². The van der Waals surface area contributed by atoms with Crippen LogP contribution in [0.15, 0.2) is 60.8 Å². The summed E-state index contributed by atoms with van der Waals surface area (Å²) < 4.78 is 5.82. The molecule has 3 nitrogen and oxygen atoms in total. The molecule has 108 valence electrons. The number of hydrogen-bond acceptors (Lipinski definition) is 3. The first-order valence-corrected chi connectivity index (χ1v) is 6.79. The fourth-order valence-corrected chi connectivity index (χ4v) is 1.80. The van der Waals surface area contributed by atoms with E-state index in [9.17, 15) is 4.79 Å². The van der Waals surface area contributed by atoms with E-state index in [1.165, 1.54) is 11.6 Å². The number of ketones is 1. The van der Waals surface area contributed by atoms with E-state index in [4.69, 9.17) is 4.74 Å². The number of ether oxygens (including phenoxy) is 1. The summed E-state index contributed by atoms with van der Waals surface area (Å²) in [6.45, 7) is 2.02. The number of aryl methyl sites for hydroxylation is 1. The molecule has 2 rings (SSSR count). The summed E-state index contributed by atoms with van der Waals surface area (Å²) in [6.07, 6.45) is 3.27. The SMILES string of the molecule is Cc1ccc(Oc2ccccc2C(=O)/C=C/N(C)C)cc1. The molecule has 0 bridgehead atoms. The lowest BCUT2D eigenvalue weighted by molar-refractivity contribution is 0.104. The molecule has 0 spiro atoms. The molecule has 3 heteroatoms. The Morgan fingerprint density at radius 3 is 2.38 bits per heavy atom. The summed E-state index contributed by atoms with van der Waals surface area (Å²) in [5.74, 6) is 1.21. The van der Waals surface area contributed by atoms with Crippen LogP contribution in [0, 0.1) is 6.92 Å². The molecule has 0 saturated heterocycles. The molecule has 0 fully saturated rings. The van der Waals surface area contributed by atoms with Crippen LogP contribution in [0.25, 0.3) is 0 Å². The van der Waals surface area contributed by atoms with Crippen LogP contribution in [0.1, 0.15) is 15.9 Å². The van der Waals surface area contributed by atoms with Crippen LogP contribution in [-0.2, 0) is 0 Å². The van der Waals surface area contributed by atoms with Gasteiger partial charge in [-0.25, -0.2) is 0 Å². The first-order valence-electron chi connectivity index (χ1n) is 6.79. The number of para-hydroxylation sites is 1. The average molecular weight is 281 g/mol. The number of allylic oxidation sites excluding steroid dienone is 1. The van der Waals surface area contributed by atoms with Crippen LogP contribution < -0.4 is 4.74 Å². The van der Waals surface area contributed by atoms with Crippen molar-refractivity contribution in [2.24, 2.45) is 0 Å². The Bertz CT molecular complexity index is 643. The molecule has 0 atom stereocenters. The molecule has 0 N–H and O–H groups in total. The van der Waals surface area contributed by atoms with Crippen LogP contribution >= 0.6 is 0 Å². The Morgan fingerprint density at radius 2 is 1.71 bits per heavy atom. The zero-order valence-electron chi connectivity index (χ0n) is 12.5. The zero-order chi connectivity index (χ0) is 15.2. The average Bonchev–Trinajstić information content (AvgIpc) is 2.48. The van der Waals surface area contributed by atoms with E-state index in [0.717, 1.165) is 5.75 Å². The highest BCUT2D eigenvalue weighted by molar-refractivity contribution is 6.06. The molecule has 0 amide bonds. The third-order valence-electron chi connectivity index (χ3n) is 2.93. The summed E-state index contributed by atoms with van der Waals surface area (Å²) >= 11 is 0. The molecule has 2 aromatic rings.